The molecule has 0 fully saturated rings. The Bertz CT molecular complexity index is 3440. The molecule has 2 heterocycles. The molecule has 0 spiro atoms. The maximum Gasteiger partial charge on any atom is 0.143 e. The molecule has 12 aromatic rings. The molecular weight excluding hydrogens is 801 g/mol. The van der Waals surface area contributed by atoms with Gasteiger partial charge in [-0.1, -0.05) is 224 Å². The number of rotatable bonds is 9. The average molecular weight is 843 g/mol. The van der Waals surface area contributed by atoms with Crippen LogP contribution in [0.15, 0.2) is 264 Å². The van der Waals surface area contributed by atoms with Crippen LogP contribution < -0.4 is 0 Å². The van der Waals surface area contributed by atoms with Gasteiger partial charge in [0.05, 0.1) is 0 Å². The molecule has 0 N–H and O–H groups in total. The lowest BCUT2D eigenvalue weighted by Gasteiger charge is -2.13. The minimum Gasteiger partial charge on any atom is -0.455 e. The van der Waals surface area contributed by atoms with Gasteiger partial charge in [0.25, 0.3) is 0 Å². The number of hydrogen-bond donors (Lipinski definition) is 0. The number of hydrogen-bond acceptors (Lipinski definition) is 2. The highest BCUT2D eigenvalue weighted by Gasteiger charge is 2.22. The minimum absolute atomic E-state index is 0.874. The Kier molecular flexibility index (Phi) is 9.89. The summed E-state index contributed by atoms with van der Waals surface area (Å²) >= 11 is 0. The van der Waals surface area contributed by atoms with Crippen molar-refractivity contribution in [2.45, 2.75) is 0 Å². The third-order valence-corrected chi connectivity index (χ3v) is 12.7. The molecule has 12 rings (SSSR count). The van der Waals surface area contributed by atoms with Crippen molar-refractivity contribution in [2.75, 3.05) is 0 Å². The fraction of sp³-hybridized carbons (Fsp3) is 0. The summed E-state index contributed by atoms with van der Waals surface area (Å²) in [5, 5.41) is 2.18. The molecule has 2 heteroatoms. The van der Waals surface area contributed by atoms with Crippen LogP contribution in [0.1, 0.15) is 0 Å². The first-order valence-corrected chi connectivity index (χ1v) is 22.5. The first-order valence-electron chi connectivity index (χ1n) is 22.5. The lowest BCUT2D eigenvalue weighted by Crippen LogP contribution is -1.88. The third-order valence-electron chi connectivity index (χ3n) is 12.7. The summed E-state index contributed by atoms with van der Waals surface area (Å²) in [6, 6.07) is 90.4. The van der Waals surface area contributed by atoms with E-state index in [9.17, 15) is 0 Å². The van der Waals surface area contributed by atoms with Crippen molar-refractivity contribution in [3.05, 3.63) is 255 Å². The fourth-order valence-electron chi connectivity index (χ4n) is 9.55. The van der Waals surface area contributed by atoms with Crippen molar-refractivity contribution in [1.82, 2.24) is 0 Å². The molecule has 2 aromatic heterocycles. The van der Waals surface area contributed by atoms with E-state index in [1.165, 1.54) is 0 Å². The van der Waals surface area contributed by atoms with Gasteiger partial charge in [0, 0.05) is 44.2 Å². The topological polar surface area (TPSA) is 26.3 Å². The highest BCUT2D eigenvalue weighted by atomic mass is 16.3. The van der Waals surface area contributed by atoms with Gasteiger partial charge in [-0.05, 0) is 86.0 Å². The summed E-state index contributed by atoms with van der Waals surface area (Å²) in [5.41, 5.74) is 19.5. The molecule has 0 bridgehead atoms. The Balaban J connectivity index is 0.986. The van der Waals surface area contributed by atoms with Crippen molar-refractivity contribution in [3.8, 4) is 101 Å². The van der Waals surface area contributed by atoms with Gasteiger partial charge in [-0.2, -0.15) is 0 Å². The van der Waals surface area contributed by atoms with E-state index in [2.05, 4.69) is 243 Å². The second-order valence-corrected chi connectivity index (χ2v) is 16.8. The Morgan fingerprint density at radius 1 is 0.197 bits per heavy atom. The first-order chi connectivity index (χ1) is 32.7. The Morgan fingerprint density at radius 2 is 0.485 bits per heavy atom. The molecule has 0 aliphatic carbocycles. The molecule has 0 saturated heterocycles. The van der Waals surface area contributed by atoms with E-state index >= 15 is 0 Å². The molecule has 0 aliphatic heterocycles. The highest BCUT2D eigenvalue weighted by Crippen LogP contribution is 2.46. The second-order valence-electron chi connectivity index (χ2n) is 16.8. The van der Waals surface area contributed by atoms with Gasteiger partial charge in [0.1, 0.15) is 22.7 Å². The van der Waals surface area contributed by atoms with Gasteiger partial charge >= 0.3 is 0 Å². The lowest BCUT2D eigenvalue weighted by molar-refractivity contribution is 0.633. The number of furan rings is 2. The standard InChI is InChI=1S/C64H42O2/c1-6-20-43(21-7-1)52-40-53(48-30-16-32-50(38-48)55-34-18-36-57-59(44-22-8-2-9-23-44)61(65-63(55)57)46-26-12-4-13-27-46)42-54(41-52)49-31-17-33-51(39-49)56-35-19-37-58-60(45-24-10-3-11-25-45)62(66-64(56)58)47-28-14-5-15-29-47/h1-42H. The van der Waals surface area contributed by atoms with Gasteiger partial charge in [-0.15, -0.1) is 0 Å². The number of fused-ring (bicyclic) bond motifs is 2. The van der Waals surface area contributed by atoms with Gasteiger partial charge in [-0.3, -0.25) is 0 Å². The van der Waals surface area contributed by atoms with Crippen LogP contribution >= 0.6 is 0 Å². The zero-order valence-electron chi connectivity index (χ0n) is 36.1. The van der Waals surface area contributed by atoms with Gasteiger partial charge < -0.3 is 8.83 Å². The van der Waals surface area contributed by atoms with E-state index in [4.69, 9.17) is 8.83 Å². The number of para-hydroxylation sites is 2. The molecule has 66 heavy (non-hydrogen) atoms. The third kappa shape index (κ3) is 7.12. The zero-order valence-corrected chi connectivity index (χ0v) is 36.1. The van der Waals surface area contributed by atoms with Crippen LogP contribution in [0.5, 0.6) is 0 Å². The predicted octanol–water partition coefficient (Wildman–Crippen LogP) is 18.2. The summed E-state index contributed by atoms with van der Waals surface area (Å²) in [6.45, 7) is 0. The van der Waals surface area contributed by atoms with Crippen molar-refractivity contribution >= 4 is 21.9 Å². The summed E-state index contributed by atoms with van der Waals surface area (Å²) < 4.78 is 13.9. The second kappa shape index (κ2) is 16.8. The molecular formula is C64H42O2. The largest absolute Gasteiger partial charge is 0.455 e. The molecule has 0 amide bonds. The zero-order chi connectivity index (χ0) is 43.8. The molecule has 310 valence electrons. The van der Waals surface area contributed by atoms with Crippen LogP contribution in [0, 0.1) is 0 Å². The van der Waals surface area contributed by atoms with Crippen LogP contribution in [0.25, 0.3) is 122 Å². The van der Waals surface area contributed by atoms with Crippen LogP contribution in [0.4, 0.5) is 0 Å². The van der Waals surface area contributed by atoms with Gasteiger partial charge in [0.15, 0.2) is 0 Å². The number of benzene rings is 10. The average Bonchev–Trinajstić information content (AvgIpc) is 4.00. The summed E-state index contributed by atoms with van der Waals surface area (Å²) in [4.78, 5) is 0. The maximum atomic E-state index is 6.95. The summed E-state index contributed by atoms with van der Waals surface area (Å²) in [5.74, 6) is 1.75. The van der Waals surface area contributed by atoms with E-state index in [-0.39, 0.29) is 0 Å². The fourth-order valence-corrected chi connectivity index (χ4v) is 9.55. The van der Waals surface area contributed by atoms with Crippen LogP contribution in [-0.4, -0.2) is 0 Å². The van der Waals surface area contributed by atoms with Crippen LogP contribution in [0.2, 0.25) is 0 Å². The molecule has 10 aromatic carbocycles. The minimum atomic E-state index is 0.874. The van der Waals surface area contributed by atoms with Crippen LogP contribution in [0.3, 0.4) is 0 Å². The molecule has 0 radical (unpaired) electrons. The Morgan fingerprint density at radius 3 is 0.879 bits per heavy atom. The summed E-state index contributed by atoms with van der Waals surface area (Å²) in [6.07, 6.45) is 0. The molecule has 0 unspecified atom stereocenters. The normalized spacial score (nSPS) is 11.3. The van der Waals surface area contributed by atoms with E-state index in [0.717, 1.165) is 122 Å². The monoisotopic (exact) mass is 842 g/mol. The van der Waals surface area contributed by atoms with Crippen molar-refractivity contribution in [3.63, 3.8) is 0 Å². The van der Waals surface area contributed by atoms with Crippen molar-refractivity contribution in [1.29, 1.82) is 0 Å². The van der Waals surface area contributed by atoms with E-state index in [1.54, 1.807) is 0 Å². The molecule has 0 saturated carbocycles. The van der Waals surface area contributed by atoms with E-state index in [0.29, 0.717) is 0 Å². The van der Waals surface area contributed by atoms with Crippen LogP contribution in [-0.2, 0) is 0 Å². The molecule has 2 nitrogen and oxygen atoms in total. The van der Waals surface area contributed by atoms with Crippen molar-refractivity contribution in [2.24, 2.45) is 0 Å². The Labute approximate surface area is 384 Å². The quantitative estimate of drug-likeness (QED) is 0.145. The van der Waals surface area contributed by atoms with Gasteiger partial charge in [-0.25, -0.2) is 0 Å². The van der Waals surface area contributed by atoms with Gasteiger partial charge in [0.2, 0.25) is 0 Å². The Hall–Kier alpha value is -8.72. The summed E-state index contributed by atoms with van der Waals surface area (Å²) in [7, 11) is 0. The molecule has 0 aliphatic rings. The maximum absolute atomic E-state index is 6.95. The highest BCUT2D eigenvalue weighted by molar-refractivity contribution is 6.08. The van der Waals surface area contributed by atoms with E-state index in [1.807, 2.05) is 12.1 Å². The smallest absolute Gasteiger partial charge is 0.143 e. The SMILES string of the molecule is c1ccc(-c2cc(-c3cccc(-c4cccc5c(-c6ccccc6)c(-c6ccccc6)oc45)c3)cc(-c3cccc(-c4cccc5c(-c6ccccc6)c(-c6ccccc6)oc45)c3)c2)cc1. The predicted molar refractivity (Wildman–Crippen MR) is 275 cm³/mol. The first kappa shape index (κ1) is 38.9. The van der Waals surface area contributed by atoms with Crippen molar-refractivity contribution < 1.29 is 8.83 Å². The van der Waals surface area contributed by atoms with E-state index < -0.39 is 0 Å². The lowest BCUT2D eigenvalue weighted by atomic mass is 9.90. The molecule has 0 atom stereocenters.